The van der Waals surface area contributed by atoms with Crippen molar-refractivity contribution in [2.75, 3.05) is 0 Å². The molecule has 5 atom stereocenters. The molecule has 3 N–H and O–H groups in total. The highest BCUT2D eigenvalue weighted by Gasteiger charge is 2.45. The van der Waals surface area contributed by atoms with E-state index in [2.05, 4.69) is 31.8 Å². The number of hydrogen-bond acceptors (Lipinski definition) is 4. The third-order valence-electron chi connectivity index (χ3n) is 6.65. The van der Waals surface area contributed by atoms with E-state index in [9.17, 15) is 15.0 Å². The van der Waals surface area contributed by atoms with Gasteiger partial charge in [0.1, 0.15) is 17.4 Å². The van der Waals surface area contributed by atoms with Gasteiger partial charge in [-0.3, -0.25) is 4.79 Å². The molecule has 1 aromatic rings. The number of phenolic OH excluding ortho intramolecular Hbond substituents is 1. The van der Waals surface area contributed by atoms with E-state index in [0.717, 1.165) is 55.2 Å². The molecule has 1 aromatic carbocycles. The summed E-state index contributed by atoms with van der Waals surface area (Å²) in [6.45, 7) is 12.1. The molecule has 0 bridgehead atoms. The predicted molar refractivity (Wildman–Crippen MR) is 123 cm³/mol. The number of aryl methyl sites for hydroxylation is 1. The number of benzene rings is 1. The number of β-lactam (4-membered cyclic amide) rings is 1. The molecule has 1 unspecified atom stereocenters. The van der Waals surface area contributed by atoms with Crippen LogP contribution in [0.5, 0.6) is 11.5 Å². The van der Waals surface area contributed by atoms with Gasteiger partial charge in [-0.25, -0.2) is 0 Å². The fourth-order valence-electron chi connectivity index (χ4n) is 4.81. The lowest BCUT2D eigenvalue weighted by molar-refractivity contribution is -0.151. The minimum absolute atomic E-state index is 0.0354. The van der Waals surface area contributed by atoms with Crippen molar-refractivity contribution in [1.29, 1.82) is 0 Å². The summed E-state index contributed by atoms with van der Waals surface area (Å²) >= 11 is 0. The van der Waals surface area contributed by atoms with Gasteiger partial charge in [-0.1, -0.05) is 43.6 Å². The number of unbranched alkanes of at least 4 members (excludes halogenated alkanes) is 2. The molecule has 170 valence electrons. The smallest absolute Gasteiger partial charge is 0.234 e. The largest absolute Gasteiger partial charge is 0.507 e. The zero-order valence-electron chi connectivity index (χ0n) is 19.3. The van der Waals surface area contributed by atoms with Gasteiger partial charge >= 0.3 is 0 Å². The Hall–Kier alpha value is -2.27. The Morgan fingerprint density at radius 3 is 2.71 bits per heavy atom. The Morgan fingerprint density at radius 1 is 1.35 bits per heavy atom. The molecule has 5 nitrogen and oxygen atoms in total. The number of amides is 1. The zero-order valence-corrected chi connectivity index (χ0v) is 19.3. The first-order valence-electron chi connectivity index (χ1n) is 11.6. The quantitative estimate of drug-likeness (QED) is 0.295. The summed E-state index contributed by atoms with van der Waals surface area (Å²) < 4.78 is 6.26. The number of rotatable bonds is 9. The highest BCUT2D eigenvalue weighted by molar-refractivity contribution is 5.86. The maximum atomic E-state index is 11.9. The maximum absolute atomic E-state index is 11.9. The van der Waals surface area contributed by atoms with E-state index >= 15 is 0 Å². The first kappa shape index (κ1) is 23.4. The van der Waals surface area contributed by atoms with E-state index in [0.29, 0.717) is 5.75 Å². The topological polar surface area (TPSA) is 78.8 Å². The molecule has 5 heteroatoms. The summed E-state index contributed by atoms with van der Waals surface area (Å²) in [5.41, 5.74) is 4.15. The second-order valence-corrected chi connectivity index (χ2v) is 9.33. The first-order chi connectivity index (χ1) is 14.7. The summed E-state index contributed by atoms with van der Waals surface area (Å²) in [5.74, 6) is 0.172. The summed E-state index contributed by atoms with van der Waals surface area (Å²) in [5, 5.41) is 23.9. The first-order valence-corrected chi connectivity index (χ1v) is 11.6. The highest BCUT2D eigenvalue weighted by atomic mass is 16.5. The molecule has 1 saturated heterocycles. The molecule has 1 aliphatic carbocycles. The van der Waals surface area contributed by atoms with Crippen LogP contribution in [0.4, 0.5) is 0 Å². The molecule has 1 amide bonds. The summed E-state index contributed by atoms with van der Waals surface area (Å²) in [4.78, 5) is 11.9. The number of allylic oxidation sites excluding steroid dienone is 3. The van der Waals surface area contributed by atoms with Crippen LogP contribution in [0, 0.1) is 11.8 Å². The van der Waals surface area contributed by atoms with Crippen LogP contribution in [0.25, 0.3) is 0 Å². The molecule has 2 aliphatic rings. The summed E-state index contributed by atoms with van der Waals surface area (Å²) in [6.07, 6.45) is 6.97. The molecule has 1 fully saturated rings. The van der Waals surface area contributed by atoms with Crippen LogP contribution in [0.3, 0.4) is 0 Å². The standard InChI is InChI=1S/C26H37NO4/c1-6-7-8-9-18-13-21(29)24(20-12-16(4)10-11-19(20)15(2)3)22(14-18)31-26-23(17(5)28)25(30)27-26/h12-14,17,19-20,23,26,28-29H,2,6-11H2,1,3-5H3,(H,27,30)/t17-,19+,20-,23+,26?/m1/s1. The third-order valence-corrected chi connectivity index (χ3v) is 6.65. The molecule has 0 radical (unpaired) electrons. The Labute approximate surface area is 186 Å². The van der Waals surface area contributed by atoms with Crippen LogP contribution in [-0.4, -0.2) is 28.5 Å². The van der Waals surface area contributed by atoms with Gasteiger partial charge in [0.05, 0.1) is 6.10 Å². The van der Waals surface area contributed by atoms with Crippen molar-refractivity contribution in [3.05, 3.63) is 47.1 Å². The van der Waals surface area contributed by atoms with Crippen LogP contribution >= 0.6 is 0 Å². The van der Waals surface area contributed by atoms with Crippen LogP contribution < -0.4 is 10.1 Å². The van der Waals surface area contributed by atoms with Crippen molar-refractivity contribution >= 4 is 5.91 Å². The van der Waals surface area contributed by atoms with Gasteiger partial charge in [0.2, 0.25) is 5.91 Å². The van der Waals surface area contributed by atoms with Gasteiger partial charge in [0.25, 0.3) is 0 Å². The van der Waals surface area contributed by atoms with Crippen molar-refractivity contribution < 1.29 is 19.7 Å². The van der Waals surface area contributed by atoms with E-state index in [4.69, 9.17) is 4.74 Å². The van der Waals surface area contributed by atoms with Crippen molar-refractivity contribution in [1.82, 2.24) is 5.32 Å². The summed E-state index contributed by atoms with van der Waals surface area (Å²) in [6, 6.07) is 3.86. The van der Waals surface area contributed by atoms with Crippen LogP contribution in [-0.2, 0) is 11.2 Å². The Bertz CT molecular complexity index is 857. The monoisotopic (exact) mass is 427 g/mol. The fourth-order valence-corrected chi connectivity index (χ4v) is 4.81. The number of carbonyl (C=O) groups excluding carboxylic acids is 1. The molecular formula is C26H37NO4. The molecule has 31 heavy (non-hydrogen) atoms. The van der Waals surface area contributed by atoms with Crippen molar-refractivity contribution in [3.63, 3.8) is 0 Å². The minimum atomic E-state index is -0.802. The lowest BCUT2D eigenvalue weighted by atomic mass is 9.73. The van der Waals surface area contributed by atoms with Gasteiger partial charge in [0.15, 0.2) is 6.23 Å². The SMILES string of the molecule is C=C(C)[C@@H]1CCC(C)=C[C@H]1c1c(O)cc(CCCCC)cc1OC1NC(=O)[C@@H]1[C@@H](C)O. The summed E-state index contributed by atoms with van der Waals surface area (Å²) in [7, 11) is 0. The van der Waals surface area contributed by atoms with Crippen LogP contribution in [0.1, 0.15) is 76.8 Å². The highest BCUT2D eigenvalue weighted by Crippen LogP contribution is 2.47. The van der Waals surface area contributed by atoms with Gasteiger partial charge in [-0.05, 0) is 70.1 Å². The Balaban J connectivity index is 2.01. The van der Waals surface area contributed by atoms with E-state index in [1.807, 2.05) is 19.1 Å². The zero-order chi connectivity index (χ0) is 22.7. The normalized spacial score (nSPS) is 26.5. The van der Waals surface area contributed by atoms with Gasteiger partial charge in [-0.15, -0.1) is 0 Å². The number of hydrogen-bond donors (Lipinski definition) is 3. The molecule has 0 aromatic heterocycles. The number of aliphatic hydroxyl groups excluding tert-OH is 1. The van der Waals surface area contributed by atoms with Crippen LogP contribution in [0.2, 0.25) is 0 Å². The molecule has 3 rings (SSSR count). The predicted octanol–water partition coefficient (Wildman–Crippen LogP) is 4.97. The molecule has 0 spiro atoms. The van der Waals surface area contributed by atoms with Gasteiger partial charge in [0, 0.05) is 11.5 Å². The van der Waals surface area contributed by atoms with Crippen molar-refractivity contribution in [3.8, 4) is 11.5 Å². The number of aromatic hydroxyl groups is 1. The van der Waals surface area contributed by atoms with E-state index < -0.39 is 18.2 Å². The Kier molecular flexibility index (Phi) is 7.47. The lowest BCUT2D eigenvalue weighted by Gasteiger charge is -2.39. The average Bonchev–Trinajstić information content (AvgIpc) is 2.66. The van der Waals surface area contributed by atoms with E-state index in [1.165, 1.54) is 5.57 Å². The number of carbonyl (C=O) groups is 1. The number of phenols is 1. The average molecular weight is 428 g/mol. The molecule has 1 aliphatic heterocycles. The second-order valence-electron chi connectivity index (χ2n) is 9.33. The van der Waals surface area contributed by atoms with Gasteiger partial charge in [-0.2, -0.15) is 0 Å². The lowest BCUT2D eigenvalue weighted by Crippen LogP contribution is -2.64. The number of aliphatic hydroxyl groups is 1. The third kappa shape index (κ3) is 5.15. The maximum Gasteiger partial charge on any atom is 0.234 e. The van der Waals surface area contributed by atoms with Gasteiger partial charge < -0.3 is 20.3 Å². The number of ether oxygens (including phenoxy) is 1. The second kappa shape index (κ2) is 9.90. The van der Waals surface area contributed by atoms with E-state index in [1.54, 1.807) is 6.92 Å². The Morgan fingerprint density at radius 2 is 2.10 bits per heavy atom. The minimum Gasteiger partial charge on any atom is -0.507 e. The van der Waals surface area contributed by atoms with Crippen molar-refractivity contribution in [2.45, 2.75) is 84.5 Å². The van der Waals surface area contributed by atoms with Crippen molar-refractivity contribution in [2.24, 2.45) is 11.8 Å². The van der Waals surface area contributed by atoms with E-state index in [-0.39, 0.29) is 23.5 Å². The molecular weight excluding hydrogens is 390 g/mol. The molecule has 0 saturated carbocycles. The molecule has 1 heterocycles. The van der Waals surface area contributed by atoms with Crippen LogP contribution in [0.15, 0.2) is 35.9 Å². The number of nitrogens with one attached hydrogen (secondary N) is 1. The fraction of sp³-hybridized carbons (Fsp3) is 0.577.